The molecule has 0 spiro atoms. The number of hydrogen-bond acceptors (Lipinski definition) is 6. The summed E-state index contributed by atoms with van der Waals surface area (Å²) in [7, 11) is 2.02. The maximum atomic E-state index is 12.9. The summed E-state index contributed by atoms with van der Waals surface area (Å²) in [6.07, 6.45) is -5.12. The molecule has 0 aliphatic carbocycles. The van der Waals surface area contributed by atoms with Gasteiger partial charge in [0.2, 0.25) is 5.91 Å². The Morgan fingerprint density at radius 2 is 1.69 bits per heavy atom. The molecule has 3 amide bonds. The van der Waals surface area contributed by atoms with E-state index in [1.807, 2.05) is 11.9 Å². The van der Waals surface area contributed by atoms with Crippen LogP contribution < -0.4 is 15.4 Å². The fourth-order valence-corrected chi connectivity index (χ4v) is 5.38. The van der Waals surface area contributed by atoms with Gasteiger partial charge in [0.1, 0.15) is 18.0 Å². The lowest BCUT2D eigenvalue weighted by Crippen LogP contribution is -2.50. The number of carbonyl (C=O) groups excluding carboxylic acids is 2. The molecule has 0 radical (unpaired) electrons. The number of anilines is 2. The van der Waals surface area contributed by atoms with E-state index in [1.54, 1.807) is 18.2 Å². The Morgan fingerprint density at radius 1 is 1.03 bits per heavy atom. The number of alkyl halides is 3. The van der Waals surface area contributed by atoms with Crippen LogP contribution in [0.3, 0.4) is 0 Å². The van der Waals surface area contributed by atoms with Crippen LogP contribution in [0.4, 0.5) is 29.3 Å². The smallest absolute Gasteiger partial charge is 0.416 e. The SMILES string of the molecule is CN1CCN(C(=O)C[C@@H]2C[C@H]3c4cc(NC(=O)Nc5ccc(C(F)(F)F)cc5)ccc4O[C@H]3[C@@H](CO)O2)CC1. The van der Waals surface area contributed by atoms with Crippen LogP contribution in [0.5, 0.6) is 5.75 Å². The lowest BCUT2D eigenvalue weighted by Gasteiger charge is -2.38. The molecule has 0 unspecified atom stereocenters. The van der Waals surface area contributed by atoms with Crippen LogP contribution in [0, 0.1) is 0 Å². The summed E-state index contributed by atoms with van der Waals surface area (Å²) in [5, 5.41) is 15.2. The van der Waals surface area contributed by atoms with Crippen molar-refractivity contribution in [2.45, 2.75) is 43.2 Å². The monoisotopic (exact) mass is 548 g/mol. The summed E-state index contributed by atoms with van der Waals surface area (Å²) >= 11 is 0. The van der Waals surface area contributed by atoms with Crippen molar-refractivity contribution < 1.29 is 37.3 Å². The number of halogens is 3. The van der Waals surface area contributed by atoms with Crippen LogP contribution in [0.2, 0.25) is 0 Å². The van der Waals surface area contributed by atoms with E-state index < -0.39 is 30.0 Å². The molecule has 3 heterocycles. The van der Waals surface area contributed by atoms with Crippen LogP contribution >= 0.6 is 0 Å². The molecule has 2 aromatic carbocycles. The van der Waals surface area contributed by atoms with E-state index in [0.29, 0.717) is 30.9 Å². The van der Waals surface area contributed by atoms with Crippen molar-refractivity contribution in [3.8, 4) is 5.75 Å². The number of amides is 3. The number of aliphatic hydroxyl groups excluding tert-OH is 1. The molecule has 12 heteroatoms. The summed E-state index contributed by atoms with van der Waals surface area (Å²) in [5.41, 5.74) is 0.724. The van der Waals surface area contributed by atoms with E-state index >= 15 is 0 Å². The molecule has 9 nitrogen and oxygen atoms in total. The van der Waals surface area contributed by atoms with Crippen LogP contribution in [0.25, 0.3) is 0 Å². The second kappa shape index (κ2) is 11.0. The molecule has 2 aromatic rings. The van der Waals surface area contributed by atoms with Crippen LogP contribution in [-0.4, -0.2) is 85.0 Å². The molecular weight excluding hydrogens is 517 g/mol. The van der Waals surface area contributed by atoms with E-state index in [9.17, 15) is 27.9 Å². The average Bonchev–Trinajstić information content (AvgIpc) is 3.26. The number of carbonyl (C=O) groups is 2. The zero-order valence-corrected chi connectivity index (χ0v) is 21.4. The van der Waals surface area contributed by atoms with E-state index in [0.717, 1.165) is 30.8 Å². The number of likely N-dealkylation sites (N-methyl/N-ethyl adjacent to an activating group) is 1. The van der Waals surface area contributed by atoms with Crippen molar-refractivity contribution in [1.29, 1.82) is 0 Å². The van der Waals surface area contributed by atoms with Gasteiger partial charge in [-0.25, -0.2) is 4.79 Å². The third kappa shape index (κ3) is 6.13. The molecule has 3 aliphatic rings. The van der Waals surface area contributed by atoms with Gasteiger partial charge < -0.3 is 35.0 Å². The number of urea groups is 1. The van der Waals surface area contributed by atoms with Crippen molar-refractivity contribution in [1.82, 2.24) is 9.80 Å². The predicted molar refractivity (Wildman–Crippen MR) is 137 cm³/mol. The number of benzene rings is 2. The molecule has 2 saturated heterocycles. The summed E-state index contributed by atoms with van der Waals surface area (Å²) in [6, 6.07) is 8.72. The van der Waals surface area contributed by atoms with Gasteiger partial charge in [0.05, 0.1) is 24.7 Å². The average molecular weight is 549 g/mol. The molecule has 3 N–H and O–H groups in total. The maximum absolute atomic E-state index is 12.9. The maximum Gasteiger partial charge on any atom is 0.416 e. The number of rotatable bonds is 5. The Morgan fingerprint density at radius 3 is 2.36 bits per heavy atom. The zero-order valence-electron chi connectivity index (χ0n) is 21.4. The number of piperazine rings is 1. The molecule has 4 atom stereocenters. The zero-order chi connectivity index (χ0) is 27.7. The highest BCUT2D eigenvalue weighted by Crippen LogP contribution is 2.47. The molecule has 3 aliphatic heterocycles. The Labute approximate surface area is 223 Å². The van der Waals surface area contributed by atoms with Crippen molar-refractivity contribution in [3.63, 3.8) is 0 Å². The van der Waals surface area contributed by atoms with Crippen molar-refractivity contribution >= 4 is 23.3 Å². The number of nitrogens with one attached hydrogen (secondary N) is 2. The number of aliphatic hydroxyl groups is 1. The molecule has 210 valence electrons. The molecule has 0 saturated carbocycles. The molecule has 2 fully saturated rings. The summed E-state index contributed by atoms with van der Waals surface area (Å²) in [4.78, 5) is 29.5. The first kappa shape index (κ1) is 27.2. The largest absolute Gasteiger partial charge is 0.487 e. The Hall–Kier alpha value is -3.35. The third-order valence-corrected chi connectivity index (χ3v) is 7.49. The van der Waals surface area contributed by atoms with Gasteiger partial charge in [-0.1, -0.05) is 0 Å². The van der Waals surface area contributed by atoms with Gasteiger partial charge in [0.15, 0.2) is 0 Å². The van der Waals surface area contributed by atoms with Gasteiger partial charge in [-0.05, 0) is 55.9 Å². The Bertz CT molecular complexity index is 1200. The van der Waals surface area contributed by atoms with Gasteiger partial charge in [0.25, 0.3) is 0 Å². The number of nitrogens with zero attached hydrogens (tertiary/aromatic N) is 2. The predicted octanol–water partition coefficient (Wildman–Crippen LogP) is 3.51. The first-order chi connectivity index (χ1) is 18.6. The Kier molecular flexibility index (Phi) is 7.70. The van der Waals surface area contributed by atoms with Gasteiger partial charge in [0, 0.05) is 49.0 Å². The minimum absolute atomic E-state index is 0.0257. The van der Waals surface area contributed by atoms with Crippen molar-refractivity contribution in [2.75, 3.05) is 50.5 Å². The van der Waals surface area contributed by atoms with Gasteiger partial charge in [-0.2, -0.15) is 13.2 Å². The molecule has 0 aromatic heterocycles. The fraction of sp³-hybridized carbons (Fsp3) is 0.481. The molecule has 0 bridgehead atoms. The topological polar surface area (TPSA) is 103 Å². The normalized spacial score (nSPS) is 24.9. The Balaban J connectivity index is 1.24. The first-order valence-electron chi connectivity index (χ1n) is 12.9. The number of ether oxygens (including phenoxy) is 2. The number of hydrogen-bond donors (Lipinski definition) is 3. The quantitative estimate of drug-likeness (QED) is 0.529. The van der Waals surface area contributed by atoms with E-state index in [2.05, 4.69) is 15.5 Å². The van der Waals surface area contributed by atoms with E-state index in [4.69, 9.17) is 9.47 Å². The van der Waals surface area contributed by atoms with Crippen LogP contribution in [0.1, 0.15) is 29.9 Å². The highest BCUT2D eigenvalue weighted by Gasteiger charge is 2.46. The summed E-state index contributed by atoms with van der Waals surface area (Å²) < 4.78 is 50.5. The number of fused-ring (bicyclic) bond motifs is 3. The molecular formula is C27H31F3N4O5. The van der Waals surface area contributed by atoms with Gasteiger partial charge in [-0.3, -0.25) is 4.79 Å². The van der Waals surface area contributed by atoms with Crippen LogP contribution in [0.15, 0.2) is 42.5 Å². The standard InChI is InChI=1S/C27H31F3N4O5/c1-33-8-10-34(11-9-33)24(36)14-19-13-21-20-12-18(6-7-22(20)39-25(21)23(15-35)38-19)32-26(37)31-17-4-2-16(3-5-17)27(28,29)30/h2-7,12,19,21,23,25,35H,8-11,13-15H2,1H3,(H2,31,32,37)/t19-,21-,23+,25+/m0/s1. The lowest BCUT2D eigenvalue weighted by atomic mass is 9.84. The minimum Gasteiger partial charge on any atom is -0.487 e. The second-order valence-electron chi connectivity index (χ2n) is 10.2. The highest BCUT2D eigenvalue weighted by molar-refractivity contribution is 5.99. The fourth-order valence-electron chi connectivity index (χ4n) is 5.38. The lowest BCUT2D eigenvalue weighted by molar-refractivity contribution is -0.150. The van der Waals surface area contributed by atoms with E-state index in [-0.39, 0.29) is 36.6 Å². The van der Waals surface area contributed by atoms with Gasteiger partial charge in [-0.15, -0.1) is 0 Å². The molecule has 39 heavy (non-hydrogen) atoms. The van der Waals surface area contributed by atoms with E-state index in [1.165, 1.54) is 12.1 Å². The van der Waals surface area contributed by atoms with Gasteiger partial charge >= 0.3 is 12.2 Å². The summed E-state index contributed by atoms with van der Waals surface area (Å²) in [5.74, 6) is 0.500. The third-order valence-electron chi connectivity index (χ3n) is 7.49. The molecule has 5 rings (SSSR count). The van der Waals surface area contributed by atoms with Crippen molar-refractivity contribution in [2.24, 2.45) is 0 Å². The second-order valence-corrected chi connectivity index (χ2v) is 10.2. The van der Waals surface area contributed by atoms with Crippen LogP contribution in [-0.2, 0) is 15.7 Å². The summed E-state index contributed by atoms with van der Waals surface area (Å²) in [6.45, 7) is 2.74. The minimum atomic E-state index is -4.46. The first-order valence-corrected chi connectivity index (χ1v) is 12.9. The van der Waals surface area contributed by atoms with Crippen molar-refractivity contribution in [3.05, 3.63) is 53.6 Å². The highest BCUT2D eigenvalue weighted by atomic mass is 19.4.